The normalized spacial score (nSPS) is 11.8. The Balaban J connectivity index is 1.88. The monoisotopic (exact) mass is 382 g/mol. The molecule has 0 radical (unpaired) electrons. The number of nitrogens with one attached hydrogen (secondary N) is 1. The third-order valence-corrected chi connectivity index (χ3v) is 4.72. The second-order valence-corrected chi connectivity index (χ2v) is 7.26. The summed E-state index contributed by atoms with van der Waals surface area (Å²) < 4.78 is 0. The first-order valence-electron chi connectivity index (χ1n) is 9.85. The fourth-order valence-electron chi connectivity index (χ4n) is 3.13. The van der Waals surface area contributed by atoms with Crippen LogP contribution in [0.4, 0.5) is 4.79 Å². The van der Waals surface area contributed by atoms with E-state index >= 15 is 0 Å². The SMILES string of the molecule is CC(C)N(CCCCc1ccccc1)C(=O)N[C@@H](Cc1ccccc1)C(=O)O. The molecular formula is C23H30N2O3. The summed E-state index contributed by atoms with van der Waals surface area (Å²) in [6, 6.07) is 18.4. The number of aryl methyl sites for hydroxylation is 1. The number of carboxylic acid groups (broad SMARTS) is 1. The van der Waals surface area contributed by atoms with E-state index in [1.807, 2.05) is 62.4 Å². The predicted molar refractivity (Wildman–Crippen MR) is 111 cm³/mol. The van der Waals surface area contributed by atoms with Gasteiger partial charge in [-0.2, -0.15) is 0 Å². The summed E-state index contributed by atoms with van der Waals surface area (Å²) in [5.41, 5.74) is 2.17. The summed E-state index contributed by atoms with van der Waals surface area (Å²) in [5, 5.41) is 12.2. The highest BCUT2D eigenvalue weighted by Gasteiger charge is 2.24. The summed E-state index contributed by atoms with van der Waals surface area (Å²) in [6.45, 7) is 4.50. The van der Waals surface area contributed by atoms with Crippen molar-refractivity contribution in [2.75, 3.05) is 6.54 Å². The van der Waals surface area contributed by atoms with Gasteiger partial charge in [-0.1, -0.05) is 60.7 Å². The molecule has 0 aromatic heterocycles. The minimum absolute atomic E-state index is 0.00268. The number of hydrogen-bond donors (Lipinski definition) is 2. The molecule has 2 amide bonds. The van der Waals surface area contributed by atoms with Gasteiger partial charge >= 0.3 is 12.0 Å². The Hall–Kier alpha value is -2.82. The van der Waals surface area contributed by atoms with Crippen LogP contribution in [0.25, 0.3) is 0 Å². The number of rotatable bonds is 10. The molecular weight excluding hydrogens is 352 g/mol. The quantitative estimate of drug-likeness (QED) is 0.607. The van der Waals surface area contributed by atoms with Gasteiger partial charge in [0, 0.05) is 19.0 Å². The Bertz CT molecular complexity index is 732. The van der Waals surface area contributed by atoms with E-state index in [0.29, 0.717) is 6.54 Å². The molecule has 2 N–H and O–H groups in total. The molecule has 0 heterocycles. The first-order valence-corrected chi connectivity index (χ1v) is 9.85. The molecule has 28 heavy (non-hydrogen) atoms. The highest BCUT2D eigenvalue weighted by Crippen LogP contribution is 2.09. The first-order chi connectivity index (χ1) is 13.5. The Morgan fingerprint density at radius 2 is 1.50 bits per heavy atom. The van der Waals surface area contributed by atoms with Gasteiger partial charge in [-0.3, -0.25) is 0 Å². The zero-order valence-electron chi connectivity index (χ0n) is 16.7. The molecule has 5 heteroatoms. The number of carboxylic acids is 1. The van der Waals surface area contributed by atoms with Gasteiger partial charge in [-0.05, 0) is 44.2 Å². The van der Waals surface area contributed by atoms with Gasteiger partial charge in [-0.25, -0.2) is 9.59 Å². The van der Waals surface area contributed by atoms with Crippen molar-refractivity contribution >= 4 is 12.0 Å². The lowest BCUT2D eigenvalue weighted by Crippen LogP contribution is -2.51. The molecule has 5 nitrogen and oxygen atoms in total. The minimum atomic E-state index is -1.02. The number of carbonyl (C=O) groups excluding carboxylic acids is 1. The maximum atomic E-state index is 12.7. The molecule has 0 aliphatic rings. The van der Waals surface area contributed by atoms with Gasteiger partial charge in [0.15, 0.2) is 0 Å². The molecule has 0 aliphatic heterocycles. The van der Waals surface area contributed by atoms with Crippen LogP contribution >= 0.6 is 0 Å². The second kappa shape index (κ2) is 11.1. The number of hydrogen-bond acceptors (Lipinski definition) is 2. The number of carbonyl (C=O) groups is 2. The highest BCUT2D eigenvalue weighted by molar-refractivity contribution is 5.83. The lowest BCUT2D eigenvalue weighted by atomic mass is 10.1. The summed E-state index contributed by atoms with van der Waals surface area (Å²) >= 11 is 0. The molecule has 0 bridgehead atoms. The molecule has 2 aromatic rings. The van der Waals surface area contributed by atoms with Crippen molar-refractivity contribution in [2.24, 2.45) is 0 Å². The molecule has 0 fully saturated rings. The van der Waals surface area contributed by atoms with Crippen molar-refractivity contribution in [3.63, 3.8) is 0 Å². The fraction of sp³-hybridized carbons (Fsp3) is 0.391. The van der Waals surface area contributed by atoms with Crippen molar-refractivity contribution < 1.29 is 14.7 Å². The summed E-state index contributed by atoms with van der Waals surface area (Å²) in [4.78, 5) is 26.0. The Labute approximate surface area is 167 Å². The number of urea groups is 1. The van der Waals surface area contributed by atoms with E-state index in [-0.39, 0.29) is 18.5 Å². The summed E-state index contributed by atoms with van der Waals surface area (Å²) in [7, 11) is 0. The maximum absolute atomic E-state index is 12.7. The van der Waals surface area contributed by atoms with Crippen molar-refractivity contribution in [3.8, 4) is 0 Å². The standard InChI is InChI=1S/C23H30N2O3/c1-18(2)25(16-10-9-13-19-11-5-3-6-12-19)23(28)24-21(22(26)27)17-20-14-7-4-8-15-20/h3-8,11-12,14-15,18,21H,9-10,13,16-17H2,1-2H3,(H,24,28)(H,26,27)/t21-/m0/s1. The van der Waals surface area contributed by atoms with Crippen molar-refractivity contribution in [1.82, 2.24) is 10.2 Å². The van der Waals surface area contributed by atoms with E-state index < -0.39 is 12.0 Å². The average Bonchev–Trinajstić information content (AvgIpc) is 2.68. The summed E-state index contributed by atoms with van der Waals surface area (Å²) in [6.07, 6.45) is 3.09. The smallest absolute Gasteiger partial charge is 0.326 e. The van der Waals surface area contributed by atoms with Crippen LogP contribution < -0.4 is 5.32 Å². The largest absolute Gasteiger partial charge is 0.480 e. The lowest BCUT2D eigenvalue weighted by molar-refractivity contribution is -0.139. The van der Waals surface area contributed by atoms with Crippen LogP contribution in [0.1, 0.15) is 37.8 Å². The number of unbranched alkanes of at least 4 members (excludes halogenated alkanes) is 1. The Kier molecular flexibility index (Phi) is 8.53. The Morgan fingerprint density at radius 3 is 2.04 bits per heavy atom. The molecule has 0 unspecified atom stereocenters. The molecule has 2 aromatic carbocycles. The fourth-order valence-corrected chi connectivity index (χ4v) is 3.13. The second-order valence-electron chi connectivity index (χ2n) is 7.26. The Morgan fingerprint density at radius 1 is 0.929 bits per heavy atom. The maximum Gasteiger partial charge on any atom is 0.326 e. The van der Waals surface area contributed by atoms with E-state index in [9.17, 15) is 14.7 Å². The van der Waals surface area contributed by atoms with Gasteiger partial charge in [-0.15, -0.1) is 0 Å². The molecule has 0 spiro atoms. The number of aliphatic carboxylic acids is 1. The molecule has 1 atom stereocenters. The van der Waals surface area contributed by atoms with E-state index in [1.165, 1.54) is 5.56 Å². The van der Waals surface area contributed by atoms with Crippen LogP contribution in [0.3, 0.4) is 0 Å². The van der Waals surface area contributed by atoms with Gasteiger partial charge in [0.25, 0.3) is 0 Å². The minimum Gasteiger partial charge on any atom is -0.480 e. The molecule has 0 aliphatic carbocycles. The summed E-state index contributed by atoms with van der Waals surface area (Å²) in [5.74, 6) is -1.02. The zero-order valence-corrected chi connectivity index (χ0v) is 16.7. The molecule has 2 rings (SSSR count). The van der Waals surface area contributed by atoms with Gasteiger partial charge < -0.3 is 15.3 Å². The van der Waals surface area contributed by atoms with Crippen molar-refractivity contribution in [1.29, 1.82) is 0 Å². The topological polar surface area (TPSA) is 69.6 Å². The van der Waals surface area contributed by atoms with E-state index in [0.717, 1.165) is 24.8 Å². The molecule has 0 saturated heterocycles. The number of amides is 2. The van der Waals surface area contributed by atoms with Gasteiger partial charge in [0.1, 0.15) is 6.04 Å². The van der Waals surface area contributed by atoms with Gasteiger partial charge in [0.2, 0.25) is 0 Å². The van der Waals surface area contributed by atoms with Crippen molar-refractivity contribution in [2.45, 2.75) is 51.6 Å². The molecule has 150 valence electrons. The van der Waals surface area contributed by atoms with Crippen LogP contribution in [0.5, 0.6) is 0 Å². The van der Waals surface area contributed by atoms with Crippen LogP contribution in [-0.4, -0.2) is 40.6 Å². The molecule has 0 saturated carbocycles. The highest BCUT2D eigenvalue weighted by atomic mass is 16.4. The van der Waals surface area contributed by atoms with Crippen LogP contribution in [0.2, 0.25) is 0 Å². The predicted octanol–water partition coefficient (Wildman–Crippen LogP) is 4.13. The van der Waals surface area contributed by atoms with Crippen LogP contribution in [-0.2, 0) is 17.6 Å². The third-order valence-electron chi connectivity index (χ3n) is 4.72. The van der Waals surface area contributed by atoms with Crippen LogP contribution in [0.15, 0.2) is 60.7 Å². The number of benzene rings is 2. The van der Waals surface area contributed by atoms with Crippen LogP contribution in [0, 0.1) is 0 Å². The van der Waals surface area contributed by atoms with Crippen molar-refractivity contribution in [3.05, 3.63) is 71.8 Å². The van der Waals surface area contributed by atoms with E-state index in [1.54, 1.807) is 4.90 Å². The third kappa shape index (κ3) is 7.06. The van der Waals surface area contributed by atoms with Gasteiger partial charge in [0.05, 0.1) is 0 Å². The lowest BCUT2D eigenvalue weighted by Gasteiger charge is -2.28. The van der Waals surface area contributed by atoms with E-state index in [2.05, 4.69) is 17.4 Å². The van der Waals surface area contributed by atoms with E-state index in [4.69, 9.17) is 0 Å². The number of nitrogens with zero attached hydrogens (tertiary/aromatic N) is 1. The zero-order chi connectivity index (χ0) is 20.4. The first kappa shape index (κ1) is 21.5. The average molecular weight is 383 g/mol.